The van der Waals surface area contributed by atoms with Crippen LogP contribution >= 0.6 is 15.9 Å². The zero-order valence-corrected chi connectivity index (χ0v) is 5.87. The summed E-state index contributed by atoms with van der Waals surface area (Å²) >= 11 is 3.05. The fourth-order valence-corrected chi connectivity index (χ4v) is 0.691. The molecule has 1 aromatic rings. The molecule has 0 aliphatic heterocycles. The normalized spacial score (nSPS) is 9.44. The van der Waals surface area contributed by atoms with E-state index in [0.717, 1.165) is 4.68 Å². The zero-order chi connectivity index (χ0) is 6.85. The van der Waals surface area contributed by atoms with Gasteiger partial charge in [-0.1, -0.05) is 0 Å². The van der Waals surface area contributed by atoms with Gasteiger partial charge in [0, 0.05) is 0 Å². The maximum Gasteiger partial charge on any atom is 0.432 e. The third-order valence-electron chi connectivity index (χ3n) is 0.747. The largest absolute Gasteiger partial charge is 0.463 e. The van der Waals surface area contributed by atoms with E-state index in [1.54, 1.807) is 0 Å². The first-order valence-corrected chi connectivity index (χ1v) is 2.93. The lowest BCUT2D eigenvalue weighted by molar-refractivity contribution is 0.192. The van der Waals surface area contributed by atoms with Gasteiger partial charge in [-0.3, -0.25) is 0 Å². The summed E-state index contributed by atoms with van der Waals surface area (Å²) in [6, 6.07) is 0. The summed E-state index contributed by atoms with van der Waals surface area (Å²) in [7, 11) is 0. The predicted octanol–water partition coefficient (Wildman–Crippen LogP) is 1.17. The molecule has 0 bridgehead atoms. The van der Waals surface area contributed by atoms with Crippen LogP contribution in [0.3, 0.4) is 0 Å². The molecule has 0 saturated heterocycles. The van der Waals surface area contributed by atoms with Crippen molar-refractivity contribution in [2.75, 3.05) is 0 Å². The molecule has 48 valence electrons. The number of aromatic nitrogens is 2. The maximum absolute atomic E-state index is 10.1. The summed E-state index contributed by atoms with van der Waals surface area (Å²) in [4.78, 5) is 10.1. The first-order chi connectivity index (χ1) is 4.20. The average Bonchev–Trinajstić information content (AvgIpc) is 2.14. The minimum Gasteiger partial charge on any atom is -0.463 e. The lowest BCUT2D eigenvalue weighted by Gasteiger charge is -1.85. The van der Waals surface area contributed by atoms with Crippen molar-refractivity contribution in [3.05, 3.63) is 16.9 Å². The number of carboxylic acid groups (broad SMARTS) is 1. The second-order valence-corrected chi connectivity index (χ2v) is 2.30. The van der Waals surface area contributed by atoms with E-state index in [0.29, 0.717) is 4.47 Å². The Bertz CT molecular complexity index is 232. The molecule has 9 heavy (non-hydrogen) atoms. The van der Waals surface area contributed by atoms with Crippen molar-refractivity contribution in [2.24, 2.45) is 0 Å². The SMILES string of the molecule is O=C(O)n1cc(Br)cn1. The molecule has 0 radical (unpaired) electrons. The summed E-state index contributed by atoms with van der Waals surface area (Å²) in [6.07, 6.45) is 1.69. The monoisotopic (exact) mass is 190 g/mol. The van der Waals surface area contributed by atoms with Crippen molar-refractivity contribution in [2.45, 2.75) is 0 Å². The molecule has 1 aromatic heterocycles. The van der Waals surface area contributed by atoms with Gasteiger partial charge in [-0.25, -0.2) is 4.79 Å². The second kappa shape index (κ2) is 2.18. The van der Waals surface area contributed by atoms with Gasteiger partial charge in [-0.2, -0.15) is 9.78 Å². The quantitative estimate of drug-likeness (QED) is 0.669. The molecule has 0 amide bonds. The van der Waals surface area contributed by atoms with Crippen LogP contribution < -0.4 is 0 Å². The van der Waals surface area contributed by atoms with E-state index in [1.807, 2.05) is 0 Å². The highest BCUT2D eigenvalue weighted by Crippen LogP contribution is 2.05. The number of hydrogen-bond acceptors (Lipinski definition) is 2. The molecule has 0 fully saturated rings. The molecular formula is C4H3BrN2O2. The van der Waals surface area contributed by atoms with Crippen LogP contribution in [0.2, 0.25) is 0 Å². The number of carbonyl (C=O) groups is 1. The van der Waals surface area contributed by atoms with Crippen molar-refractivity contribution in [3.8, 4) is 0 Å². The van der Waals surface area contributed by atoms with Crippen molar-refractivity contribution >= 4 is 22.0 Å². The zero-order valence-electron chi connectivity index (χ0n) is 4.28. The van der Waals surface area contributed by atoms with Gasteiger partial charge < -0.3 is 5.11 Å². The average molecular weight is 191 g/mol. The smallest absolute Gasteiger partial charge is 0.432 e. The minimum atomic E-state index is -1.08. The molecule has 0 atom stereocenters. The van der Waals surface area contributed by atoms with Crippen LogP contribution in [0.4, 0.5) is 4.79 Å². The Morgan fingerprint density at radius 3 is 2.78 bits per heavy atom. The molecule has 4 nitrogen and oxygen atoms in total. The topological polar surface area (TPSA) is 55.1 Å². The van der Waals surface area contributed by atoms with Gasteiger partial charge in [0.2, 0.25) is 0 Å². The Balaban J connectivity index is 2.98. The van der Waals surface area contributed by atoms with Crippen molar-refractivity contribution < 1.29 is 9.90 Å². The molecule has 1 heterocycles. The van der Waals surface area contributed by atoms with Crippen molar-refractivity contribution in [1.29, 1.82) is 0 Å². The van der Waals surface area contributed by atoms with Crippen LogP contribution in [0.15, 0.2) is 16.9 Å². The number of halogens is 1. The molecular weight excluding hydrogens is 188 g/mol. The summed E-state index contributed by atoms with van der Waals surface area (Å²) in [6.45, 7) is 0. The van der Waals surface area contributed by atoms with Gasteiger partial charge in [0.15, 0.2) is 0 Å². The third-order valence-corrected chi connectivity index (χ3v) is 1.16. The number of hydrogen-bond donors (Lipinski definition) is 1. The second-order valence-electron chi connectivity index (χ2n) is 1.39. The maximum atomic E-state index is 10.1. The van der Waals surface area contributed by atoms with E-state index in [-0.39, 0.29) is 0 Å². The minimum absolute atomic E-state index is 0.657. The first-order valence-electron chi connectivity index (χ1n) is 2.13. The van der Waals surface area contributed by atoms with Gasteiger partial charge in [0.05, 0.1) is 16.9 Å². The Labute approximate surface area is 59.2 Å². The standard InChI is InChI=1S/C4H3BrN2O2/c5-3-1-6-7(2-3)4(8)9/h1-2H,(H,8,9). The van der Waals surface area contributed by atoms with Gasteiger partial charge in [-0.15, -0.1) is 0 Å². The summed E-state index contributed by atoms with van der Waals surface area (Å²) < 4.78 is 1.48. The van der Waals surface area contributed by atoms with Crippen LogP contribution in [0.1, 0.15) is 0 Å². The highest BCUT2D eigenvalue weighted by Gasteiger charge is 1.99. The Morgan fingerprint density at radius 2 is 2.56 bits per heavy atom. The van der Waals surface area contributed by atoms with Crippen LogP contribution in [-0.2, 0) is 0 Å². The van der Waals surface area contributed by atoms with Crippen molar-refractivity contribution in [3.63, 3.8) is 0 Å². The van der Waals surface area contributed by atoms with Crippen molar-refractivity contribution in [1.82, 2.24) is 9.78 Å². The molecule has 0 aliphatic carbocycles. The van der Waals surface area contributed by atoms with Crippen LogP contribution in [0.5, 0.6) is 0 Å². The van der Waals surface area contributed by atoms with Crippen LogP contribution in [0, 0.1) is 0 Å². The molecule has 0 spiro atoms. The first kappa shape index (κ1) is 6.28. The summed E-state index contributed by atoms with van der Waals surface area (Å²) in [5.41, 5.74) is 0. The van der Waals surface area contributed by atoms with E-state index in [4.69, 9.17) is 5.11 Å². The summed E-state index contributed by atoms with van der Waals surface area (Å²) in [5, 5.41) is 11.8. The Hall–Kier alpha value is -0.840. The Kier molecular flexibility index (Phi) is 1.52. The molecule has 5 heteroatoms. The number of nitrogens with zero attached hydrogens (tertiary/aromatic N) is 2. The van der Waals surface area contributed by atoms with E-state index < -0.39 is 6.09 Å². The third kappa shape index (κ3) is 1.29. The highest BCUT2D eigenvalue weighted by molar-refractivity contribution is 9.10. The molecule has 0 unspecified atom stereocenters. The van der Waals surface area contributed by atoms with Gasteiger partial charge in [0.1, 0.15) is 0 Å². The van der Waals surface area contributed by atoms with E-state index >= 15 is 0 Å². The lowest BCUT2D eigenvalue weighted by atomic mass is 10.7. The van der Waals surface area contributed by atoms with Gasteiger partial charge in [0.25, 0.3) is 0 Å². The molecule has 0 aromatic carbocycles. The molecule has 1 N–H and O–H groups in total. The van der Waals surface area contributed by atoms with Crippen LogP contribution in [0.25, 0.3) is 0 Å². The van der Waals surface area contributed by atoms with E-state index in [9.17, 15) is 4.79 Å². The predicted molar refractivity (Wildman–Crippen MR) is 33.3 cm³/mol. The molecule has 0 aliphatic rings. The molecule has 0 saturated carbocycles. The van der Waals surface area contributed by atoms with Gasteiger partial charge >= 0.3 is 6.09 Å². The number of rotatable bonds is 0. The van der Waals surface area contributed by atoms with Gasteiger partial charge in [-0.05, 0) is 15.9 Å². The van der Waals surface area contributed by atoms with Crippen LogP contribution in [-0.4, -0.2) is 21.0 Å². The van der Waals surface area contributed by atoms with E-state index in [2.05, 4.69) is 21.0 Å². The lowest BCUT2D eigenvalue weighted by Crippen LogP contribution is -2.07. The molecule has 1 rings (SSSR count). The fraction of sp³-hybridized carbons (Fsp3) is 0. The fourth-order valence-electron chi connectivity index (χ4n) is 0.405. The Morgan fingerprint density at radius 1 is 1.89 bits per heavy atom. The highest BCUT2D eigenvalue weighted by atomic mass is 79.9. The summed E-state index contributed by atoms with van der Waals surface area (Å²) in [5.74, 6) is 0. The van der Waals surface area contributed by atoms with E-state index in [1.165, 1.54) is 12.4 Å².